The summed E-state index contributed by atoms with van der Waals surface area (Å²) in [7, 11) is 1.58. The lowest BCUT2D eigenvalue weighted by Crippen LogP contribution is -2.46. The first-order chi connectivity index (χ1) is 12.2. The number of piperazine rings is 1. The van der Waals surface area contributed by atoms with Crippen molar-refractivity contribution < 1.29 is 9.53 Å². The average Bonchev–Trinajstić information content (AvgIpc) is 2.68. The maximum absolute atomic E-state index is 12.3. The number of hydrogen-bond donors (Lipinski definition) is 1. The van der Waals surface area contributed by atoms with Gasteiger partial charge in [-0.25, -0.2) is 4.98 Å². The van der Waals surface area contributed by atoms with Crippen LogP contribution in [0.1, 0.15) is 17.3 Å². The summed E-state index contributed by atoms with van der Waals surface area (Å²) in [5.74, 6) is 1.00. The monoisotopic (exact) mass is 340 g/mol. The molecule has 1 aliphatic heterocycles. The summed E-state index contributed by atoms with van der Waals surface area (Å²) in [6, 6.07) is 10.9. The molecule has 1 N–H and O–H groups in total. The number of rotatable bonds is 5. The van der Waals surface area contributed by atoms with E-state index in [0.717, 1.165) is 38.4 Å². The average molecular weight is 340 g/mol. The Hall–Kier alpha value is -2.60. The number of nitrogens with one attached hydrogen (secondary N) is 1. The number of aromatic nitrogens is 1. The molecule has 2 heterocycles. The second-order valence-corrected chi connectivity index (χ2v) is 6.01. The van der Waals surface area contributed by atoms with Crippen LogP contribution in [0.25, 0.3) is 0 Å². The summed E-state index contributed by atoms with van der Waals surface area (Å²) >= 11 is 0. The van der Waals surface area contributed by atoms with Crippen LogP contribution in [-0.2, 0) is 0 Å². The van der Waals surface area contributed by atoms with Gasteiger partial charge in [-0.15, -0.1) is 0 Å². The van der Waals surface area contributed by atoms with E-state index in [4.69, 9.17) is 4.74 Å². The molecule has 1 aromatic heterocycles. The number of pyridine rings is 1. The van der Waals surface area contributed by atoms with Crippen LogP contribution in [0.3, 0.4) is 0 Å². The zero-order valence-corrected chi connectivity index (χ0v) is 14.7. The van der Waals surface area contributed by atoms with E-state index in [1.165, 1.54) is 0 Å². The van der Waals surface area contributed by atoms with Crippen molar-refractivity contribution in [3.8, 4) is 5.75 Å². The van der Waals surface area contributed by atoms with E-state index in [-0.39, 0.29) is 5.91 Å². The van der Waals surface area contributed by atoms with Crippen molar-refractivity contribution in [2.75, 3.05) is 50.1 Å². The predicted molar refractivity (Wildman–Crippen MR) is 99.5 cm³/mol. The van der Waals surface area contributed by atoms with Crippen LogP contribution in [0, 0.1) is 0 Å². The van der Waals surface area contributed by atoms with Crippen LogP contribution >= 0.6 is 0 Å². The van der Waals surface area contributed by atoms with Crippen molar-refractivity contribution in [2.45, 2.75) is 6.92 Å². The van der Waals surface area contributed by atoms with E-state index in [2.05, 4.69) is 27.0 Å². The number of methoxy groups -OCH3 is 1. The van der Waals surface area contributed by atoms with Crippen molar-refractivity contribution in [2.24, 2.45) is 0 Å². The van der Waals surface area contributed by atoms with E-state index in [0.29, 0.717) is 17.1 Å². The van der Waals surface area contributed by atoms with Crippen LogP contribution < -0.4 is 15.0 Å². The molecule has 0 bridgehead atoms. The Morgan fingerprint density at radius 2 is 2.00 bits per heavy atom. The molecule has 6 heteroatoms. The third-order valence-corrected chi connectivity index (χ3v) is 4.51. The fourth-order valence-corrected chi connectivity index (χ4v) is 2.92. The van der Waals surface area contributed by atoms with Crippen molar-refractivity contribution >= 4 is 17.4 Å². The molecule has 25 heavy (non-hydrogen) atoms. The lowest BCUT2D eigenvalue weighted by Gasteiger charge is -2.35. The van der Waals surface area contributed by atoms with Gasteiger partial charge >= 0.3 is 0 Å². The summed E-state index contributed by atoms with van der Waals surface area (Å²) in [6.07, 6.45) is 1.82. The van der Waals surface area contributed by atoms with Gasteiger partial charge in [0.25, 0.3) is 5.91 Å². The van der Waals surface area contributed by atoms with Crippen molar-refractivity contribution in [1.82, 2.24) is 9.88 Å². The van der Waals surface area contributed by atoms with Gasteiger partial charge in [-0.2, -0.15) is 0 Å². The molecular formula is C19H24N4O2. The molecule has 0 spiro atoms. The van der Waals surface area contributed by atoms with Gasteiger partial charge in [0, 0.05) is 31.7 Å². The fourth-order valence-electron chi connectivity index (χ4n) is 2.92. The summed E-state index contributed by atoms with van der Waals surface area (Å²) in [5.41, 5.74) is 1.64. The standard InChI is InChI=1S/C19H24N4O2/c1-3-22-9-11-23(12-10-22)16-7-8-18(20-14-16)21-19(24)15-5-4-6-17(13-15)25-2/h4-8,13-14H,3,9-12H2,1-2H3,(H,20,21,24). The van der Waals surface area contributed by atoms with E-state index in [1.807, 2.05) is 24.4 Å². The highest BCUT2D eigenvalue weighted by molar-refractivity contribution is 6.04. The Morgan fingerprint density at radius 1 is 1.20 bits per heavy atom. The molecule has 1 amide bonds. The maximum atomic E-state index is 12.3. The molecule has 1 aromatic carbocycles. The van der Waals surface area contributed by atoms with Gasteiger partial charge in [0.2, 0.25) is 0 Å². The minimum atomic E-state index is -0.198. The summed E-state index contributed by atoms with van der Waals surface area (Å²) in [6.45, 7) is 7.45. The molecule has 3 rings (SSSR count). The van der Waals surface area contributed by atoms with Crippen LogP contribution in [0.2, 0.25) is 0 Å². The molecular weight excluding hydrogens is 316 g/mol. The van der Waals surface area contributed by atoms with Gasteiger partial charge in [0.1, 0.15) is 11.6 Å². The molecule has 132 valence electrons. The summed E-state index contributed by atoms with van der Waals surface area (Å²) in [5, 5.41) is 2.82. The Bertz CT molecular complexity index is 710. The highest BCUT2D eigenvalue weighted by Crippen LogP contribution is 2.18. The number of carbonyl (C=O) groups is 1. The van der Waals surface area contributed by atoms with Crippen LogP contribution in [-0.4, -0.2) is 55.6 Å². The molecule has 0 saturated carbocycles. The molecule has 0 aliphatic carbocycles. The highest BCUT2D eigenvalue weighted by atomic mass is 16.5. The van der Waals surface area contributed by atoms with Crippen molar-refractivity contribution in [3.05, 3.63) is 48.2 Å². The molecule has 1 aliphatic rings. The predicted octanol–water partition coefficient (Wildman–Crippen LogP) is 2.48. The molecule has 0 radical (unpaired) electrons. The zero-order valence-electron chi connectivity index (χ0n) is 14.7. The zero-order chi connectivity index (χ0) is 17.6. The molecule has 0 unspecified atom stereocenters. The Labute approximate surface area is 148 Å². The number of amides is 1. The van der Waals surface area contributed by atoms with Gasteiger partial charge in [0.05, 0.1) is 19.0 Å². The number of carbonyl (C=O) groups excluding carboxylic acids is 1. The van der Waals surface area contributed by atoms with Crippen LogP contribution in [0.5, 0.6) is 5.75 Å². The quantitative estimate of drug-likeness (QED) is 0.906. The second kappa shape index (κ2) is 7.98. The number of hydrogen-bond acceptors (Lipinski definition) is 5. The van der Waals surface area contributed by atoms with E-state index in [1.54, 1.807) is 25.3 Å². The van der Waals surface area contributed by atoms with Crippen LogP contribution in [0.15, 0.2) is 42.6 Å². The van der Waals surface area contributed by atoms with E-state index >= 15 is 0 Å². The lowest BCUT2D eigenvalue weighted by molar-refractivity contribution is 0.102. The maximum Gasteiger partial charge on any atom is 0.256 e. The number of nitrogens with zero attached hydrogens (tertiary/aromatic N) is 3. The summed E-state index contributed by atoms with van der Waals surface area (Å²) in [4.78, 5) is 21.5. The molecule has 0 atom stereocenters. The lowest BCUT2D eigenvalue weighted by atomic mass is 10.2. The second-order valence-electron chi connectivity index (χ2n) is 6.01. The minimum Gasteiger partial charge on any atom is -0.497 e. The van der Waals surface area contributed by atoms with Crippen molar-refractivity contribution in [3.63, 3.8) is 0 Å². The number of benzene rings is 1. The highest BCUT2D eigenvalue weighted by Gasteiger charge is 2.16. The van der Waals surface area contributed by atoms with Crippen molar-refractivity contribution in [1.29, 1.82) is 0 Å². The Balaban J connectivity index is 1.61. The van der Waals surface area contributed by atoms with Gasteiger partial charge in [-0.05, 0) is 36.9 Å². The smallest absolute Gasteiger partial charge is 0.256 e. The minimum absolute atomic E-state index is 0.198. The number of likely N-dealkylation sites (N-methyl/N-ethyl adjacent to an activating group) is 1. The van der Waals surface area contributed by atoms with E-state index < -0.39 is 0 Å². The van der Waals surface area contributed by atoms with E-state index in [9.17, 15) is 4.79 Å². The van der Waals surface area contributed by atoms with Gasteiger partial charge in [-0.1, -0.05) is 13.0 Å². The Kier molecular flexibility index (Phi) is 5.50. The largest absolute Gasteiger partial charge is 0.497 e. The van der Waals surface area contributed by atoms with Gasteiger partial charge in [-0.3, -0.25) is 4.79 Å². The first-order valence-electron chi connectivity index (χ1n) is 8.58. The summed E-state index contributed by atoms with van der Waals surface area (Å²) < 4.78 is 5.15. The third-order valence-electron chi connectivity index (χ3n) is 4.51. The SMILES string of the molecule is CCN1CCN(c2ccc(NC(=O)c3cccc(OC)c3)nc2)CC1. The van der Waals surface area contributed by atoms with Gasteiger partial charge < -0.3 is 19.9 Å². The third kappa shape index (κ3) is 4.28. The first kappa shape index (κ1) is 17.2. The molecule has 1 saturated heterocycles. The number of anilines is 2. The normalized spacial score (nSPS) is 15.0. The molecule has 6 nitrogen and oxygen atoms in total. The topological polar surface area (TPSA) is 57.7 Å². The van der Waals surface area contributed by atoms with Crippen LogP contribution in [0.4, 0.5) is 11.5 Å². The fraction of sp³-hybridized carbons (Fsp3) is 0.368. The molecule has 2 aromatic rings. The first-order valence-corrected chi connectivity index (χ1v) is 8.58. The molecule has 1 fully saturated rings. The number of ether oxygens (including phenoxy) is 1. The van der Waals surface area contributed by atoms with Gasteiger partial charge in [0.15, 0.2) is 0 Å². The Morgan fingerprint density at radius 3 is 2.64 bits per heavy atom.